The van der Waals surface area contributed by atoms with E-state index in [0.717, 1.165) is 44.5 Å². The Hall–Kier alpha value is -0.960. The smallest absolute Gasteiger partial charge is 0.242 e. The topological polar surface area (TPSA) is 74.3 Å². The van der Waals surface area contributed by atoms with Crippen molar-refractivity contribution in [3.8, 4) is 0 Å². The van der Waals surface area contributed by atoms with E-state index >= 15 is 0 Å². The standard InChI is InChI=1S/C16H22N4O2S.2ClH/c21-23(22,19-8-3-11-20-12-9-17-10-13-20)15-6-1-4-14-5-2-7-18-16(14)15;;/h1-2,4-7,17,19H,3,8-13H2;2*1H. The van der Waals surface area contributed by atoms with Gasteiger partial charge in [0.25, 0.3) is 0 Å². The first-order valence-corrected chi connectivity index (χ1v) is 9.42. The van der Waals surface area contributed by atoms with E-state index in [2.05, 4.69) is 19.9 Å². The molecule has 1 fully saturated rings. The summed E-state index contributed by atoms with van der Waals surface area (Å²) in [5.41, 5.74) is 0.518. The van der Waals surface area contributed by atoms with Gasteiger partial charge in [0.2, 0.25) is 10.0 Å². The molecule has 1 aliphatic heterocycles. The van der Waals surface area contributed by atoms with Crippen molar-refractivity contribution >= 4 is 45.7 Å². The van der Waals surface area contributed by atoms with E-state index in [9.17, 15) is 8.42 Å². The second-order valence-electron chi connectivity index (χ2n) is 5.67. The molecule has 2 N–H and O–H groups in total. The first kappa shape index (κ1) is 22.1. The van der Waals surface area contributed by atoms with E-state index in [-0.39, 0.29) is 29.7 Å². The van der Waals surface area contributed by atoms with Gasteiger partial charge in [-0.3, -0.25) is 4.98 Å². The number of hydrogen-bond acceptors (Lipinski definition) is 5. The summed E-state index contributed by atoms with van der Waals surface area (Å²) in [5.74, 6) is 0. The predicted octanol–water partition coefficient (Wildman–Crippen LogP) is 1.65. The quantitative estimate of drug-likeness (QED) is 0.713. The lowest BCUT2D eigenvalue weighted by Gasteiger charge is -2.27. The summed E-state index contributed by atoms with van der Waals surface area (Å²) < 4.78 is 27.7. The number of fused-ring (bicyclic) bond motifs is 1. The van der Waals surface area contributed by atoms with E-state index in [1.807, 2.05) is 12.1 Å². The molecule has 1 saturated heterocycles. The summed E-state index contributed by atoms with van der Waals surface area (Å²) in [7, 11) is -3.53. The Morgan fingerprint density at radius 1 is 1.12 bits per heavy atom. The van der Waals surface area contributed by atoms with Crippen molar-refractivity contribution in [2.75, 3.05) is 39.3 Å². The third-order valence-electron chi connectivity index (χ3n) is 4.04. The number of aromatic nitrogens is 1. The number of sulfonamides is 1. The fourth-order valence-electron chi connectivity index (χ4n) is 2.81. The maximum atomic E-state index is 12.5. The maximum absolute atomic E-state index is 12.5. The number of rotatable bonds is 6. The van der Waals surface area contributed by atoms with Gasteiger partial charge in [0.05, 0.1) is 5.52 Å². The molecule has 0 bridgehead atoms. The van der Waals surface area contributed by atoms with Gasteiger partial charge in [-0.25, -0.2) is 13.1 Å². The largest absolute Gasteiger partial charge is 0.314 e. The lowest BCUT2D eigenvalue weighted by molar-refractivity contribution is 0.239. The SMILES string of the molecule is Cl.Cl.O=S(=O)(NCCCN1CCNCC1)c1cccc2cccnc12. The van der Waals surface area contributed by atoms with Crippen molar-refractivity contribution in [2.45, 2.75) is 11.3 Å². The van der Waals surface area contributed by atoms with Crippen LogP contribution in [0.4, 0.5) is 0 Å². The van der Waals surface area contributed by atoms with Crippen molar-refractivity contribution in [1.82, 2.24) is 19.9 Å². The number of pyridine rings is 1. The Bertz CT molecular complexity index is 762. The zero-order valence-electron chi connectivity index (χ0n) is 13.8. The van der Waals surface area contributed by atoms with Gasteiger partial charge in [0.15, 0.2) is 0 Å². The lowest BCUT2D eigenvalue weighted by atomic mass is 10.2. The molecule has 0 spiro atoms. The monoisotopic (exact) mass is 406 g/mol. The van der Waals surface area contributed by atoms with Gasteiger partial charge < -0.3 is 10.2 Å². The number of piperazine rings is 1. The van der Waals surface area contributed by atoms with Crippen molar-refractivity contribution in [3.05, 3.63) is 36.5 Å². The minimum atomic E-state index is -3.53. The molecule has 0 amide bonds. The number of para-hydroxylation sites is 1. The number of benzene rings is 1. The second-order valence-corrected chi connectivity index (χ2v) is 7.41. The number of hydrogen-bond donors (Lipinski definition) is 2. The summed E-state index contributed by atoms with van der Waals surface area (Å²) >= 11 is 0. The van der Waals surface area contributed by atoms with Crippen LogP contribution in [-0.4, -0.2) is 57.6 Å². The predicted molar refractivity (Wildman–Crippen MR) is 105 cm³/mol. The molecule has 6 nitrogen and oxygen atoms in total. The highest BCUT2D eigenvalue weighted by Crippen LogP contribution is 2.20. The van der Waals surface area contributed by atoms with Gasteiger partial charge in [0.1, 0.15) is 4.90 Å². The zero-order valence-corrected chi connectivity index (χ0v) is 16.3. The first-order chi connectivity index (χ1) is 11.2. The van der Waals surface area contributed by atoms with Crippen LogP contribution in [0.2, 0.25) is 0 Å². The fraction of sp³-hybridized carbons (Fsp3) is 0.438. The molecule has 1 aromatic carbocycles. The van der Waals surface area contributed by atoms with Crippen molar-refractivity contribution in [1.29, 1.82) is 0 Å². The summed E-state index contributed by atoms with van der Waals surface area (Å²) in [4.78, 5) is 6.81. The number of nitrogens with one attached hydrogen (secondary N) is 2. The van der Waals surface area contributed by atoms with Crippen LogP contribution in [0, 0.1) is 0 Å². The molecule has 0 aliphatic carbocycles. The molecule has 2 heterocycles. The van der Waals surface area contributed by atoms with Crippen LogP contribution in [-0.2, 0) is 10.0 Å². The molecule has 25 heavy (non-hydrogen) atoms. The normalized spacial score (nSPS) is 15.4. The summed E-state index contributed by atoms with van der Waals surface area (Å²) in [6.07, 6.45) is 2.42. The Kier molecular flexibility index (Phi) is 9.06. The molecule has 0 saturated carbocycles. The molecule has 0 atom stereocenters. The highest BCUT2D eigenvalue weighted by Gasteiger charge is 2.17. The highest BCUT2D eigenvalue weighted by atomic mass is 35.5. The minimum absolute atomic E-state index is 0. The molecule has 1 aromatic heterocycles. The van der Waals surface area contributed by atoms with Crippen molar-refractivity contribution in [2.24, 2.45) is 0 Å². The number of halogens is 2. The van der Waals surface area contributed by atoms with Gasteiger partial charge in [-0.2, -0.15) is 0 Å². The molecule has 2 aromatic rings. The molecule has 0 unspecified atom stereocenters. The molecule has 0 radical (unpaired) electrons. The van der Waals surface area contributed by atoms with Gasteiger partial charge in [0, 0.05) is 44.3 Å². The number of nitrogens with zero attached hydrogens (tertiary/aromatic N) is 2. The Morgan fingerprint density at radius 3 is 2.60 bits per heavy atom. The summed E-state index contributed by atoms with van der Waals surface area (Å²) in [5, 5.41) is 4.14. The van der Waals surface area contributed by atoms with E-state index < -0.39 is 10.0 Å². The van der Waals surface area contributed by atoms with Crippen LogP contribution in [0.15, 0.2) is 41.4 Å². The summed E-state index contributed by atoms with van der Waals surface area (Å²) in [6, 6.07) is 8.89. The van der Waals surface area contributed by atoms with Crippen LogP contribution in [0.5, 0.6) is 0 Å². The van der Waals surface area contributed by atoms with E-state index in [1.165, 1.54) is 0 Å². The average molecular weight is 407 g/mol. The summed E-state index contributed by atoms with van der Waals surface area (Å²) in [6.45, 7) is 5.42. The molecule has 3 rings (SSSR count). The second kappa shape index (κ2) is 10.3. The Balaban J connectivity index is 0.00000156. The van der Waals surface area contributed by atoms with Crippen molar-refractivity contribution in [3.63, 3.8) is 0 Å². The highest BCUT2D eigenvalue weighted by molar-refractivity contribution is 7.89. The van der Waals surface area contributed by atoms with Crippen LogP contribution in [0.1, 0.15) is 6.42 Å². The lowest BCUT2D eigenvalue weighted by Crippen LogP contribution is -2.44. The molecular formula is C16H24Cl2N4O2S. The van der Waals surface area contributed by atoms with Crippen LogP contribution in [0.3, 0.4) is 0 Å². The average Bonchev–Trinajstić information content (AvgIpc) is 2.59. The van der Waals surface area contributed by atoms with Crippen LogP contribution >= 0.6 is 24.8 Å². The molecule has 9 heteroatoms. The van der Waals surface area contributed by atoms with E-state index in [4.69, 9.17) is 0 Å². The van der Waals surface area contributed by atoms with Crippen molar-refractivity contribution < 1.29 is 8.42 Å². The maximum Gasteiger partial charge on any atom is 0.242 e. The third kappa shape index (κ3) is 5.77. The third-order valence-corrected chi connectivity index (χ3v) is 5.53. The molecular weight excluding hydrogens is 383 g/mol. The van der Waals surface area contributed by atoms with Gasteiger partial charge in [-0.15, -0.1) is 24.8 Å². The van der Waals surface area contributed by atoms with Gasteiger partial charge >= 0.3 is 0 Å². The molecule has 140 valence electrons. The first-order valence-electron chi connectivity index (χ1n) is 7.93. The van der Waals surface area contributed by atoms with E-state index in [0.29, 0.717) is 12.1 Å². The van der Waals surface area contributed by atoms with Gasteiger partial charge in [-0.1, -0.05) is 18.2 Å². The van der Waals surface area contributed by atoms with E-state index in [1.54, 1.807) is 24.4 Å². The van der Waals surface area contributed by atoms with Crippen LogP contribution in [0.25, 0.3) is 10.9 Å². The fourth-order valence-corrected chi connectivity index (χ4v) is 4.07. The van der Waals surface area contributed by atoms with Gasteiger partial charge in [-0.05, 0) is 25.1 Å². The Morgan fingerprint density at radius 2 is 1.84 bits per heavy atom. The Labute approximate surface area is 161 Å². The van der Waals surface area contributed by atoms with Crippen LogP contribution < -0.4 is 10.0 Å². The zero-order chi connectivity index (χ0) is 16.1. The minimum Gasteiger partial charge on any atom is -0.314 e. The molecule has 1 aliphatic rings.